The van der Waals surface area contributed by atoms with Crippen LogP contribution >= 0.6 is 0 Å². The van der Waals surface area contributed by atoms with E-state index in [1.54, 1.807) is 36.1 Å². The zero-order valence-corrected chi connectivity index (χ0v) is 20.8. The van der Waals surface area contributed by atoms with Crippen LogP contribution in [-0.4, -0.2) is 32.4 Å². The maximum absolute atomic E-state index is 13.6. The van der Waals surface area contributed by atoms with Gasteiger partial charge < -0.3 is 20.5 Å². The number of halogens is 2. The number of aryl methyl sites for hydroxylation is 1. The van der Waals surface area contributed by atoms with Crippen LogP contribution < -0.4 is 11.1 Å². The number of hydrogen-bond acceptors (Lipinski definition) is 4. The first-order valence-electron chi connectivity index (χ1n) is 12.2. The fraction of sp³-hybridized carbons (Fsp3) is 0.241. The molecular formula is C29H29F2N5O. The van der Waals surface area contributed by atoms with Gasteiger partial charge in [0, 0.05) is 24.3 Å². The Bertz CT molecular complexity index is 1410. The van der Waals surface area contributed by atoms with Gasteiger partial charge >= 0.3 is 0 Å². The molecule has 1 atom stereocenters. The van der Waals surface area contributed by atoms with Crippen LogP contribution in [0.5, 0.6) is 0 Å². The fourth-order valence-corrected chi connectivity index (χ4v) is 4.68. The molecule has 2 heterocycles. The van der Waals surface area contributed by atoms with Crippen LogP contribution in [0.25, 0.3) is 11.3 Å². The lowest BCUT2D eigenvalue weighted by Gasteiger charge is -2.34. The zero-order valence-electron chi connectivity index (χ0n) is 20.8. The first-order chi connectivity index (χ1) is 17.7. The number of carbonyl (C=O) groups is 1. The third-order valence-electron chi connectivity index (χ3n) is 6.66. The van der Waals surface area contributed by atoms with Crippen molar-refractivity contribution < 1.29 is 13.6 Å². The van der Waals surface area contributed by atoms with Crippen molar-refractivity contribution >= 4 is 17.4 Å². The Morgan fingerprint density at radius 1 is 0.973 bits per heavy atom. The highest BCUT2D eigenvalue weighted by Gasteiger charge is 2.36. The summed E-state index contributed by atoms with van der Waals surface area (Å²) in [5.74, 6) is 0.664. The summed E-state index contributed by atoms with van der Waals surface area (Å²) in [5, 5.41) is 3.48. The molecule has 4 aromatic rings. The van der Waals surface area contributed by atoms with Gasteiger partial charge in [0.15, 0.2) is 0 Å². The maximum Gasteiger partial charge on any atom is 0.243 e. The molecule has 37 heavy (non-hydrogen) atoms. The Morgan fingerprint density at radius 3 is 2.24 bits per heavy atom. The summed E-state index contributed by atoms with van der Waals surface area (Å²) in [6.07, 6.45) is 0.290. The second kappa shape index (κ2) is 9.78. The fourth-order valence-electron chi connectivity index (χ4n) is 4.68. The molecule has 3 N–H and O–H groups in total. The molecule has 1 unspecified atom stereocenters. The maximum atomic E-state index is 13.6. The third-order valence-corrected chi connectivity index (χ3v) is 6.66. The zero-order chi connectivity index (χ0) is 26.2. The van der Waals surface area contributed by atoms with E-state index in [9.17, 15) is 13.6 Å². The Kier molecular flexibility index (Phi) is 6.52. The molecule has 3 aromatic carbocycles. The van der Waals surface area contributed by atoms with Crippen LogP contribution in [0.3, 0.4) is 0 Å². The van der Waals surface area contributed by atoms with Crippen molar-refractivity contribution in [1.29, 1.82) is 0 Å². The highest BCUT2D eigenvalue weighted by molar-refractivity contribution is 5.86. The molecule has 8 heteroatoms. The topological polar surface area (TPSA) is 76.2 Å². The lowest BCUT2D eigenvalue weighted by Crippen LogP contribution is -2.56. The van der Waals surface area contributed by atoms with E-state index >= 15 is 0 Å². The molecule has 0 radical (unpaired) electrons. The van der Waals surface area contributed by atoms with Crippen molar-refractivity contribution in [2.75, 3.05) is 11.9 Å². The molecule has 1 aliphatic heterocycles. The summed E-state index contributed by atoms with van der Waals surface area (Å²) in [6, 6.07) is 20.3. The number of imidazole rings is 1. The predicted octanol–water partition coefficient (Wildman–Crippen LogP) is 5.18. The number of benzene rings is 3. The number of fused-ring (bicyclic) bond motifs is 1. The number of rotatable bonds is 6. The SMILES string of the molecule is Cc1ccc(Nc2c(-c3ccc(F)cc3)nc3n2CCN(C(=O)C(C)(N)Cc2ccc(F)cc2)C3)cc1. The van der Waals surface area contributed by atoms with Crippen molar-refractivity contribution in [3.63, 3.8) is 0 Å². The van der Waals surface area contributed by atoms with Gasteiger partial charge in [0.25, 0.3) is 0 Å². The second-order valence-electron chi connectivity index (χ2n) is 9.82. The van der Waals surface area contributed by atoms with Crippen LogP contribution in [0.15, 0.2) is 72.8 Å². The third kappa shape index (κ3) is 5.24. The van der Waals surface area contributed by atoms with E-state index in [1.807, 2.05) is 31.2 Å². The first-order valence-corrected chi connectivity index (χ1v) is 12.2. The molecule has 0 saturated heterocycles. The Morgan fingerprint density at radius 2 is 1.59 bits per heavy atom. The van der Waals surface area contributed by atoms with E-state index in [4.69, 9.17) is 10.7 Å². The average Bonchev–Trinajstić information content (AvgIpc) is 3.24. The van der Waals surface area contributed by atoms with E-state index < -0.39 is 5.54 Å². The van der Waals surface area contributed by atoms with Gasteiger partial charge in [-0.1, -0.05) is 29.8 Å². The minimum atomic E-state index is -1.16. The molecule has 0 spiro atoms. The van der Waals surface area contributed by atoms with E-state index in [0.717, 1.165) is 28.2 Å². The van der Waals surface area contributed by atoms with Crippen molar-refractivity contribution in [2.24, 2.45) is 5.73 Å². The quantitative estimate of drug-likeness (QED) is 0.382. The van der Waals surface area contributed by atoms with Gasteiger partial charge in [0.05, 0.1) is 12.1 Å². The monoisotopic (exact) mass is 501 g/mol. The van der Waals surface area contributed by atoms with Gasteiger partial charge in [-0.3, -0.25) is 4.79 Å². The number of amides is 1. The Labute approximate surface area is 214 Å². The normalized spacial score (nSPS) is 14.7. The number of nitrogens with one attached hydrogen (secondary N) is 1. The highest BCUT2D eigenvalue weighted by Crippen LogP contribution is 2.34. The van der Waals surface area contributed by atoms with Crippen molar-refractivity contribution in [2.45, 2.75) is 38.9 Å². The molecule has 0 saturated carbocycles. The van der Waals surface area contributed by atoms with E-state index in [1.165, 1.54) is 24.3 Å². The molecule has 5 rings (SSSR count). The average molecular weight is 502 g/mol. The van der Waals surface area contributed by atoms with E-state index in [-0.39, 0.29) is 24.0 Å². The molecule has 190 valence electrons. The van der Waals surface area contributed by atoms with E-state index in [2.05, 4.69) is 9.88 Å². The van der Waals surface area contributed by atoms with Crippen molar-refractivity contribution in [3.8, 4) is 11.3 Å². The second-order valence-corrected chi connectivity index (χ2v) is 9.82. The largest absolute Gasteiger partial charge is 0.340 e. The van der Waals surface area contributed by atoms with Crippen LogP contribution in [0.4, 0.5) is 20.3 Å². The lowest BCUT2D eigenvalue weighted by molar-refractivity contribution is -0.138. The molecular weight excluding hydrogens is 472 g/mol. The van der Waals surface area contributed by atoms with Crippen LogP contribution in [0, 0.1) is 18.6 Å². The molecule has 1 aliphatic rings. The number of hydrogen-bond donors (Lipinski definition) is 2. The minimum absolute atomic E-state index is 0.192. The van der Waals surface area contributed by atoms with Crippen LogP contribution in [0.1, 0.15) is 23.9 Å². The Balaban J connectivity index is 1.43. The van der Waals surface area contributed by atoms with E-state index in [0.29, 0.717) is 31.2 Å². The smallest absolute Gasteiger partial charge is 0.243 e. The number of nitrogens with zero attached hydrogens (tertiary/aromatic N) is 3. The summed E-state index contributed by atoms with van der Waals surface area (Å²) in [4.78, 5) is 20.0. The van der Waals surface area contributed by atoms with Gasteiger partial charge in [-0.2, -0.15) is 0 Å². The summed E-state index contributed by atoms with van der Waals surface area (Å²) >= 11 is 0. The number of anilines is 2. The number of carbonyl (C=O) groups excluding carboxylic acids is 1. The van der Waals surface area contributed by atoms with Crippen LogP contribution in [0.2, 0.25) is 0 Å². The van der Waals surface area contributed by atoms with Gasteiger partial charge in [-0.25, -0.2) is 13.8 Å². The molecule has 1 aromatic heterocycles. The highest BCUT2D eigenvalue weighted by atomic mass is 19.1. The lowest BCUT2D eigenvalue weighted by atomic mass is 9.92. The summed E-state index contributed by atoms with van der Waals surface area (Å²) in [6.45, 7) is 5.01. The predicted molar refractivity (Wildman–Crippen MR) is 140 cm³/mol. The molecule has 6 nitrogen and oxygen atoms in total. The molecule has 1 amide bonds. The van der Waals surface area contributed by atoms with Gasteiger partial charge in [0.2, 0.25) is 5.91 Å². The van der Waals surface area contributed by atoms with Gasteiger partial charge in [0.1, 0.15) is 29.0 Å². The standard InChI is InChI=1S/C29H29F2N5O/c1-19-3-13-24(14-4-19)33-27-26(21-7-11-23(31)12-8-21)34-25-18-35(15-16-36(25)27)28(37)29(2,32)17-20-5-9-22(30)10-6-20/h3-14,33H,15-18,32H2,1-2H3. The summed E-state index contributed by atoms with van der Waals surface area (Å²) in [5.41, 5.74) is 9.63. The summed E-state index contributed by atoms with van der Waals surface area (Å²) in [7, 11) is 0. The van der Waals surface area contributed by atoms with Crippen molar-refractivity contribution in [1.82, 2.24) is 14.5 Å². The molecule has 0 fully saturated rings. The minimum Gasteiger partial charge on any atom is -0.340 e. The van der Waals surface area contributed by atoms with Gasteiger partial charge in [-0.05, 0) is 74.4 Å². The van der Waals surface area contributed by atoms with Crippen molar-refractivity contribution in [3.05, 3.63) is 101 Å². The number of nitrogens with two attached hydrogens (primary N) is 1. The van der Waals surface area contributed by atoms with Crippen LogP contribution in [-0.2, 0) is 24.3 Å². The molecule has 0 aliphatic carbocycles. The number of aromatic nitrogens is 2. The Hall–Kier alpha value is -4.04. The van der Waals surface area contributed by atoms with Gasteiger partial charge in [-0.15, -0.1) is 0 Å². The molecule has 0 bridgehead atoms. The summed E-state index contributed by atoms with van der Waals surface area (Å²) < 4.78 is 29.0. The first kappa shape index (κ1) is 24.6.